The molecular formula is C21H23FN2O3. The Kier molecular flexibility index (Phi) is 6.41. The van der Waals surface area contributed by atoms with Crippen LogP contribution in [-0.2, 0) is 22.4 Å². The third kappa shape index (κ3) is 5.54. The molecule has 0 fully saturated rings. The van der Waals surface area contributed by atoms with Crippen molar-refractivity contribution in [1.82, 2.24) is 5.32 Å². The topological polar surface area (TPSA) is 67.4 Å². The molecule has 5 nitrogen and oxygen atoms in total. The van der Waals surface area contributed by atoms with Crippen LogP contribution in [0.5, 0.6) is 5.75 Å². The number of hydrogen-bond acceptors (Lipinski definition) is 3. The summed E-state index contributed by atoms with van der Waals surface area (Å²) in [6, 6.07) is 12.2. The first-order chi connectivity index (χ1) is 13.1. The summed E-state index contributed by atoms with van der Waals surface area (Å²) in [6.45, 7) is 0.850. The number of carbonyl (C=O) groups excluding carboxylic acids is 2. The average molecular weight is 370 g/mol. The molecule has 0 saturated carbocycles. The number of benzene rings is 2. The van der Waals surface area contributed by atoms with Crippen LogP contribution in [0.3, 0.4) is 0 Å². The van der Waals surface area contributed by atoms with Crippen LogP contribution in [0.2, 0.25) is 0 Å². The SMILES string of the molecule is O=C(CCCOc1ccc2c(c1)CCC(=O)N2)NCCc1ccccc1F. The smallest absolute Gasteiger partial charge is 0.224 e. The van der Waals surface area contributed by atoms with Crippen LogP contribution in [0.15, 0.2) is 42.5 Å². The van der Waals surface area contributed by atoms with Crippen LogP contribution in [0.25, 0.3) is 0 Å². The summed E-state index contributed by atoms with van der Waals surface area (Å²) in [5, 5.41) is 5.63. The van der Waals surface area contributed by atoms with Gasteiger partial charge in [0.2, 0.25) is 11.8 Å². The molecule has 0 unspecified atom stereocenters. The van der Waals surface area contributed by atoms with Crippen LogP contribution in [-0.4, -0.2) is 25.0 Å². The van der Waals surface area contributed by atoms with Gasteiger partial charge in [-0.15, -0.1) is 0 Å². The molecule has 1 heterocycles. The van der Waals surface area contributed by atoms with Crippen LogP contribution in [0.4, 0.5) is 10.1 Å². The van der Waals surface area contributed by atoms with Crippen molar-refractivity contribution in [3.63, 3.8) is 0 Å². The number of nitrogens with one attached hydrogen (secondary N) is 2. The van der Waals surface area contributed by atoms with Crippen LogP contribution >= 0.6 is 0 Å². The van der Waals surface area contributed by atoms with Crippen molar-refractivity contribution in [3.8, 4) is 5.75 Å². The molecule has 2 amide bonds. The summed E-state index contributed by atoms with van der Waals surface area (Å²) in [4.78, 5) is 23.2. The Labute approximate surface area is 157 Å². The third-order valence-corrected chi connectivity index (χ3v) is 4.46. The number of fused-ring (bicyclic) bond motifs is 1. The number of halogens is 1. The zero-order valence-electron chi connectivity index (χ0n) is 15.1. The van der Waals surface area contributed by atoms with Gasteiger partial charge in [0.15, 0.2) is 0 Å². The molecule has 2 aromatic carbocycles. The summed E-state index contributed by atoms with van der Waals surface area (Å²) in [5.41, 5.74) is 2.51. The van der Waals surface area contributed by atoms with E-state index in [2.05, 4.69) is 10.6 Å². The number of aryl methyl sites for hydroxylation is 1. The molecule has 0 aliphatic carbocycles. The molecule has 0 saturated heterocycles. The molecule has 6 heteroatoms. The molecule has 0 atom stereocenters. The van der Waals surface area contributed by atoms with E-state index in [4.69, 9.17) is 4.74 Å². The fourth-order valence-corrected chi connectivity index (χ4v) is 3.00. The van der Waals surface area contributed by atoms with E-state index in [1.165, 1.54) is 6.07 Å². The Morgan fingerprint density at radius 2 is 2.04 bits per heavy atom. The fourth-order valence-electron chi connectivity index (χ4n) is 3.00. The molecular weight excluding hydrogens is 347 g/mol. The van der Waals surface area contributed by atoms with Crippen LogP contribution in [0, 0.1) is 5.82 Å². The summed E-state index contributed by atoms with van der Waals surface area (Å²) >= 11 is 0. The highest BCUT2D eigenvalue weighted by Crippen LogP contribution is 2.26. The lowest BCUT2D eigenvalue weighted by atomic mass is 10.0. The van der Waals surface area contributed by atoms with Crippen LogP contribution < -0.4 is 15.4 Å². The molecule has 1 aliphatic rings. The Balaban J connectivity index is 1.33. The van der Waals surface area contributed by atoms with Gasteiger partial charge in [-0.05, 0) is 54.7 Å². The van der Waals surface area contributed by atoms with E-state index >= 15 is 0 Å². The normalized spacial score (nSPS) is 12.9. The first-order valence-electron chi connectivity index (χ1n) is 9.17. The minimum atomic E-state index is -0.246. The number of hydrogen-bond donors (Lipinski definition) is 2. The molecule has 0 aromatic heterocycles. The van der Waals surface area contributed by atoms with E-state index in [1.807, 2.05) is 18.2 Å². The average Bonchev–Trinajstić information content (AvgIpc) is 2.67. The van der Waals surface area contributed by atoms with Gasteiger partial charge in [-0.25, -0.2) is 4.39 Å². The van der Waals surface area contributed by atoms with E-state index in [0.29, 0.717) is 50.8 Å². The summed E-state index contributed by atoms with van der Waals surface area (Å²) < 4.78 is 19.2. The second-order valence-corrected chi connectivity index (χ2v) is 6.51. The largest absolute Gasteiger partial charge is 0.494 e. The minimum Gasteiger partial charge on any atom is -0.494 e. The fraction of sp³-hybridized carbons (Fsp3) is 0.333. The highest BCUT2D eigenvalue weighted by atomic mass is 19.1. The molecule has 2 aromatic rings. The monoisotopic (exact) mass is 370 g/mol. The van der Waals surface area contributed by atoms with Gasteiger partial charge in [-0.3, -0.25) is 9.59 Å². The molecule has 0 radical (unpaired) electrons. The Bertz CT molecular complexity index is 823. The van der Waals surface area contributed by atoms with Gasteiger partial charge in [0.1, 0.15) is 11.6 Å². The predicted octanol–water partition coefficient (Wildman–Crippen LogP) is 3.23. The zero-order valence-corrected chi connectivity index (χ0v) is 15.1. The van der Waals surface area contributed by atoms with Crippen molar-refractivity contribution < 1.29 is 18.7 Å². The number of carbonyl (C=O) groups is 2. The maximum Gasteiger partial charge on any atom is 0.224 e. The lowest BCUT2D eigenvalue weighted by Crippen LogP contribution is -2.26. The van der Waals surface area contributed by atoms with Gasteiger partial charge in [-0.2, -0.15) is 0 Å². The van der Waals surface area contributed by atoms with Gasteiger partial charge < -0.3 is 15.4 Å². The number of ether oxygens (including phenoxy) is 1. The summed E-state index contributed by atoms with van der Waals surface area (Å²) in [7, 11) is 0. The van der Waals surface area contributed by atoms with Gasteiger partial charge in [0.25, 0.3) is 0 Å². The van der Waals surface area contributed by atoms with Crippen LogP contribution in [0.1, 0.15) is 30.4 Å². The first-order valence-corrected chi connectivity index (χ1v) is 9.17. The van der Waals surface area contributed by atoms with E-state index in [1.54, 1.807) is 18.2 Å². The van der Waals surface area contributed by atoms with Crippen molar-refractivity contribution >= 4 is 17.5 Å². The Morgan fingerprint density at radius 3 is 2.89 bits per heavy atom. The summed E-state index contributed by atoms with van der Waals surface area (Å²) in [6.07, 6.45) is 2.63. The van der Waals surface area contributed by atoms with Gasteiger partial charge in [0, 0.05) is 25.1 Å². The second kappa shape index (κ2) is 9.16. The number of rotatable bonds is 8. The van der Waals surface area contributed by atoms with Gasteiger partial charge in [-0.1, -0.05) is 18.2 Å². The van der Waals surface area contributed by atoms with E-state index in [9.17, 15) is 14.0 Å². The highest BCUT2D eigenvalue weighted by Gasteiger charge is 2.15. The molecule has 1 aliphatic heterocycles. The van der Waals surface area contributed by atoms with Crippen molar-refractivity contribution in [2.45, 2.75) is 32.1 Å². The van der Waals surface area contributed by atoms with Crippen molar-refractivity contribution in [1.29, 1.82) is 0 Å². The maximum atomic E-state index is 13.5. The molecule has 27 heavy (non-hydrogen) atoms. The highest BCUT2D eigenvalue weighted by molar-refractivity contribution is 5.94. The van der Waals surface area contributed by atoms with Crippen molar-refractivity contribution in [3.05, 3.63) is 59.4 Å². The minimum absolute atomic E-state index is 0.0391. The second-order valence-electron chi connectivity index (χ2n) is 6.51. The lowest BCUT2D eigenvalue weighted by Gasteiger charge is -2.17. The van der Waals surface area contributed by atoms with Gasteiger partial charge >= 0.3 is 0 Å². The third-order valence-electron chi connectivity index (χ3n) is 4.46. The Hall–Kier alpha value is -2.89. The lowest BCUT2D eigenvalue weighted by molar-refractivity contribution is -0.121. The molecule has 0 spiro atoms. The molecule has 2 N–H and O–H groups in total. The van der Waals surface area contributed by atoms with E-state index in [0.717, 1.165) is 17.0 Å². The number of amides is 2. The molecule has 142 valence electrons. The van der Waals surface area contributed by atoms with E-state index in [-0.39, 0.29) is 17.6 Å². The standard InChI is InChI=1S/C21H23FN2O3/c22-18-5-2-1-4-15(18)11-12-23-20(25)6-3-13-27-17-8-9-19-16(14-17)7-10-21(26)24-19/h1-2,4-5,8-9,14H,3,6-7,10-13H2,(H,23,25)(H,24,26). The quantitative estimate of drug-likeness (QED) is 0.701. The molecule has 3 rings (SSSR count). The first kappa shape index (κ1) is 18.9. The zero-order chi connectivity index (χ0) is 19.1. The Morgan fingerprint density at radius 1 is 1.19 bits per heavy atom. The molecule has 0 bridgehead atoms. The number of anilines is 1. The van der Waals surface area contributed by atoms with Gasteiger partial charge in [0.05, 0.1) is 6.61 Å². The summed E-state index contributed by atoms with van der Waals surface area (Å²) in [5.74, 6) is 0.468. The van der Waals surface area contributed by atoms with E-state index < -0.39 is 0 Å². The predicted molar refractivity (Wildman–Crippen MR) is 101 cm³/mol. The van der Waals surface area contributed by atoms with Crippen molar-refractivity contribution in [2.24, 2.45) is 0 Å². The van der Waals surface area contributed by atoms with Crippen molar-refractivity contribution in [2.75, 3.05) is 18.5 Å². The maximum absolute atomic E-state index is 13.5.